The molecular formula is C24H34N4O2. The number of carbonyl (C=O) groups is 1. The maximum Gasteiger partial charge on any atom is 0.239 e. The lowest BCUT2D eigenvalue weighted by Gasteiger charge is -2.40. The molecule has 1 atom stereocenters. The summed E-state index contributed by atoms with van der Waals surface area (Å²) < 4.78 is 5.17. The molecule has 1 aromatic heterocycles. The lowest BCUT2D eigenvalue weighted by Crippen LogP contribution is -2.55. The van der Waals surface area contributed by atoms with Gasteiger partial charge in [-0.3, -0.25) is 14.6 Å². The van der Waals surface area contributed by atoms with Gasteiger partial charge in [-0.15, -0.1) is 0 Å². The van der Waals surface area contributed by atoms with Gasteiger partial charge in [-0.05, 0) is 44.6 Å². The number of piperazine rings is 1. The number of nitrogens with zero attached hydrogens (tertiary/aromatic N) is 4. The molecule has 0 radical (unpaired) electrons. The highest BCUT2D eigenvalue weighted by molar-refractivity contribution is 5.81. The van der Waals surface area contributed by atoms with Crippen molar-refractivity contribution in [2.75, 3.05) is 39.3 Å². The van der Waals surface area contributed by atoms with E-state index >= 15 is 0 Å². The third kappa shape index (κ3) is 5.29. The fourth-order valence-electron chi connectivity index (χ4n) is 4.76. The molecule has 0 aliphatic carbocycles. The summed E-state index contributed by atoms with van der Waals surface area (Å²) in [5.74, 6) is 1.85. The number of aryl methyl sites for hydroxylation is 1. The smallest absolute Gasteiger partial charge is 0.239 e. The van der Waals surface area contributed by atoms with Gasteiger partial charge < -0.3 is 9.42 Å². The largest absolute Gasteiger partial charge is 0.361 e. The highest BCUT2D eigenvalue weighted by atomic mass is 16.5. The number of rotatable bonds is 6. The van der Waals surface area contributed by atoms with E-state index in [4.69, 9.17) is 4.52 Å². The van der Waals surface area contributed by atoms with Gasteiger partial charge in [0.05, 0.1) is 11.7 Å². The first kappa shape index (κ1) is 21.1. The summed E-state index contributed by atoms with van der Waals surface area (Å²) in [5.41, 5.74) is 2.40. The van der Waals surface area contributed by atoms with Gasteiger partial charge >= 0.3 is 0 Å². The van der Waals surface area contributed by atoms with Gasteiger partial charge in [0.2, 0.25) is 5.91 Å². The molecule has 1 amide bonds. The van der Waals surface area contributed by atoms with Crippen LogP contribution in [0.1, 0.15) is 36.8 Å². The normalized spacial score (nSPS) is 20.4. The van der Waals surface area contributed by atoms with Crippen LogP contribution < -0.4 is 0 Å². The first-order chi connectivity index (χ1) is 14.6. The monoisotopic (exact) mass is 410 g/mol. The molecule has 0 N–H and O–H groups in total. The van der Waals surface area contributed by atoms with Gasteiger partial charge in [0, 0.05) is 51.9 Å². The Morgan fingerprint density at radius 1 is 1.10 bits per heavy atom. The van der Waals surface area contributed by atoms with Crippen molar-refractivity contribution in [2.24, 2.45) is 5.92 Å². The zero-order chi connectivity index (χ0) is 20.9. The number of amides is 1. The minimum atomic E-state index is -0.0351. The molecule has 162 valence electrons. The molecule has 30 heavy (non-hydrogen) atoms. The highest BCUT2D eigenvalue weighted by Crippen LogP contribution is 2.23. The third-order valence-corrected chi connectivity index (χ3v) is 6.67. The SMILES string of the molecule is Cc1cc(CN2CCN(C(C)C(=O)N3CCC(Cc4ccccc4)CC3)CC2)no1. The summed E-state index contributed by atoms with van der Waals surface area (Å²) in [7, 11) is 0. The molecular weight excluding hydrogens is 376 g/mol. The number of aromatic nitrogens is 1. The van der Waals surface area contributed by atoms with Crippen molar-refractivity contribution in [2.45, 2.75) is 45.7 Å². The number of hydrogen-bond acceptors (Lipinski definition) is 5. The van der Waals surface area contributed by atoms with Crippen LogP contribution in [0.25, 0.3) is 0 Å². The van der Waals surface area contributed by atoms with Crippen LogP contribution in [0.15, 0.2) is 40.9 Å². The topological polar surface area (TPSA) is 52.8 Å². The quantitative estimate of drug-likeness (QED) is 0.733. The molecule has 3 heterocycles. The van der Waals surface area contributed by atoms with E-state index in [9.17, 15) is 4.79 Å². The first-order valence-corrected chi connectivity index (χ1v) is 11.3. The summed E-state index contributed by atoms with van der Waals surface area (Å²) >= 11 is 0. The second-order valence-electron chi connectivity index (χ2n) is 8.88. The van der Waals surface area contributed by atoms with E-state index in [2.05, 4.69) is 57.1 Å². The van der Waals surface area contributed by atoms with Crippen molar-refractivity contribution in [3.63, 3.8) is 0 Å². The minimum absolute atomic E-state index is 0.0351. The van der Waals surface area contributed by atoms with Crippen molar-refractivity contribution < 1.29 is 9.32 Å². The van der Waals surface area contributed by atoms with E-state index in [0.29, 0.717) is 11.8 Å². The standard InChI is InChI=1S/C24H34N4O2/c1-19-16-23(25-30-19)18-26-12-14-27(15-13-26)20(2)24(29)28-10-8-22(9-11-28)17-21-6-4-3-5-7-21/h3-7,16,20,22H,8-15,17-18H2,1-2H3. The molecule has 2 aromatic rings. The van der Waals surface area contributed by atoms with Crippen molar-refractivity contribution in [1.82, 2.24) is 19.9 Å². The molecule has 0 bridgehead atoms. The molecule has 4 rings (SSSR count). The number of carbonyl (C=O) groups excluding carboxylic acids is 1. The van der Waals surface area contributed by atoms with E-state index in [-0.39, 0.29) is 6.04 Å². The van der Waals surface area contributed by atoms with Crippen LogP contribution in [-0.2, 0) is 17.8 Å². The van der Waals surface area contributed by atoms with Crippen LogP contribution in [0.3, 0.4) is 0 Å². The molecule has 0 spiro atoms. The number of likely N-dealkylation sites (tertiary alicyclic amines) is 1. The van der Waals surface area contributed by atoms with Gasteiger partial charge in [-0.1, -0.05) is 35.5 Å². The number of piperidine rings is 1. The molecule has 2 fully saturated rings. The zero-order valence-electron chi connectivity index (χ0n) is 18.3. The molecule has 6 nitrogen and oxygen atoms in total. The Morgan fingerprint density at radius 2 is 1.80 bits per heavy atom. The third-order valence-electron chi connectivity index (χ3n) is 6.67. The maximum absolute atomic E-state index is 13.1. The molecule has 0 saturated carbocycles. The Bertz CT molecular complexity index is 806. The summed E-state index contributed by atoms with van der Waals surface area (Å²) in [6.45, 7) is 10.4. The molecule has 1 unspecified atom stereocenters. The molecule has 2 aliphatic rings. The van der Waals surface area contributed by atoms with E-state index in [1.807, 2.05) is 13.0 Å². The summed E-state index contributed by atoms with van der Waals surface area (Å²) in [4.78, 5) is 19.9. The predicted octanol–water partition coefficient (Wildman–Crippen LogP) is 2.97. The second kappa shape index (κ2) is 9.75. The summed E-state index contributed by atoms with van der Waals surface area (Å²) in [6.07, 6.45) is 3.35. The Hall–Kier alpha value is -2.18. The van der Waals surface area contributed by atoms with Gasteiger partial charge in [0.1, 0.15) is 5.76 Å². The highest BCUT2D eigenvalue weighted by Gasteiger charge is 2.31. The van der Waals surface area contributed by atoms with Gasteiger partial charge in [-0.2, -0.15) is 0 Å². The molecule has 2 saturated heterocycles. The van der Waals surface area contributed by atoms with E-state index in [1.165, 1.54) is 5.56 Å². The van der Waals surface area contributed by atoms with E-state index in [1.54, 1.807) is 0 Å². The summed E-state index contributed by atoms with van der Waals surface area (Å²) in [6, 6.07) is 12.7. The van der Waals surface area contributed by atoms with Crippen LogP contribution in [-0.4, -0.2) is 71.1 Å². The fraction of sp³-hybridized carbons (Fsp3) is 0.583. The Morgan fingerprint density at radius 3 is 2.43 bits per heavy atom. The second-order valence-corrected chi connectivity index (χ2v) is 8.88. The van der Waals surface area contributed by atoms with Crippen molar-refractivity contribution in [3.8, 4) is 0 Å². The van der Waals surface area contributed by atoms with Crippen LogP contribution in [0.4, 0.5) is 0 Å². The van der Waals surface area contributed by atoms with Crippen LogP contribution >= 0.6 is 0 Å². The van der Waals surface area contributed by atoms with Gasteiger partial charge in [-0.25, -0.2) is 0 Å². The Kier molecular flexibility index (Phi) is 6.85. The average molecular weight is 411 g/mol. The van der Waals surface area contributed by atoms with Gasteiger partial charge in [0.15, 0.2) is 0 Å². The van der Waals surface area contributed by atoms with Gasteiger partial charge in [0.25, 0.3) is 0 Å². The van der Waals surface area contributed by atoms with E-state index < -0.39 is 0 Å². The first-order valence-electron chi connectivity index (χ1n) is 11.3. The maximum atomic E-state index is 13.1. The zero-order valence-corrected chi connectivity index (χ0v) is 18.3. The van der Waals surface area contributed by atoms with E-state index in [0.717, 1.165) is 76.5 Å². The van der Waals surface area contributed by atoms with Crippen molar-refractivity contribution >= 4 is 5.91 Å². The lowest BCUT2D eigenvalue weighted by molar-refractivity contribution is -0.138. The van der Waals surface area contributed by atoms with Crippen molar-refractivity contribution in [3.05, 3.63) is 53.4 Å². The Labute approximate surface area is 179 Å². The van der Waals surface area contributed by atoms with Crippen LogP contribution in [0.5, 0.6) is 0 Å². The number of hydrogen-bond donors (Lipinski definition) is 0. The molecule has 6 heteroatoms. The summed E-state index contributed by atoms with van der Waals surface area (Å²) in [5, 5.41) is 4.09. The molecule has 2 aliphatic heterocycles. The number of benzene rings is 1. The minimum Gasteiger partial charge on any atom is -0.361 e. The fourth-order valence-corrected chi connectivity index (χ4v) is 4.76. The predicted molar refractivity (Wildman–Crippen MR) is 117 cm³/mol. The van der Waals surface area contributed by atoms with Crippen LogP contribution in [0.2, 0.25) is 0 Å². The lowest BCUT2D eigenvalue weighted by atomic mass is 9.90. The van der Waals surface area contributed by atoms with Crippen molar-refractivity contribution in [1.29, 1.82) is 0 Å². The molecule has 1 aromatic carbocycles. The van der Waals surface area contributed by atoms with Crippen LogP contribution in [0, 0.1) is 12.8 Å². The Balaban J connectivity index is 1.20. The average Bonchev–Trinajstić information content (AvgIpc) is 3.19.